The molecular weight excluding hydrogens is 144 g/mol. The van der Waals surface area contributed by atoms with Crippen molar-refractivity contribution in [3.05, 3.63) is 23.3 Å². The van der Waals surface area contributed by atoms with Crippen molar-refractivity contribution in [2.45, 2.75) is 38.5 Å². The molecule has 3 aliphatic carbocycles. The molecule has 0 aromatic heterocycles. The molecule has 0 heteroatoms. The predicted molar refractivity (Wildman–Crippen MR) is 50.8 cm³/mol. The normalized spacial score (nSPS) is 38.7. The van der Waals surface area contributed by atoms with Gasteiger partial charge < -0.3 is 0 Å². The van der Waals surface area contributed by atoms with Crippen LogP contribution in [0.25, 0.3) is 0 Å². The Morgan fingerprint density at radius 2 is 1.92 bits per heavy atom. The van der Waals surface area contributed by atoms with Crippen molar-refractivity contribution < 1.29 is 0 Å². The highest BCUT2D eigenvalue weighted by Gasteiger charge is 2.32. The molecule has 0 spiro atoms. The average Bonchev–Trinajstić information content (AvgIpc) is 2.81. The molecule has 2 unspecified atom stereocenters. The zero-order chi connectivity index (χ0) is 7.97. The maximum Gasteiger partial charge on any atom is -0.00146 e. The summed E-state index contributed by atoms with van der Waals surface area (Å²) < 4.78 is 0. The van der Waals surface area contributed by atoms with Crippen molar-refractivity contribution >= 4 is 0 Å². The van der Waals surface area contributed by atoms with E-state index in [2.05, 4.69) is 12.2 Å². The molecule has 0 N–H and O–H groups in total. The third-order valence-electron chi connectivity index (χ3n) is 3.76. The SMILES string of the molecule is C1=CC2CC1CC2=C1CCCC1. The number of allylic oxidation sites excluding steroid dienone is 4. The van der Waals surface area contributed by atoms with E-state index in [4.69, 9.17) is 0 Å². The Labute approximate surface area is 74.4 Å². The van der Waals surface area contributed by atoms with E-state index in [0.717, 1.165) is 11.8 Å². The van der Waals surface area contributed by atoms with Gasteiger partial charge in [0.05, 0.1) is 0 Å². The van der Waals surface area contributed by atoms with E-state index in [1.54, 1.807) is 0 Å². The van der Waals surface area contributed by atoms with Crippen molar-refractivity contribution in [2.24, 2.45) is 11.8 Å². The molecule has 0 nitrogen and oxygen atoms in total. The van der Waals surface area contributed by atoms with Gasteiger partial charge in [-0.2, -0.15) is 0 Å². The van der Waals surface area contributed by atoms with Gasteiger partial charge in [0, 0.05) is 0 Å². The fourth-order valence-electron chi connectivity index (χ4n) is 3.15. The van der Waals surface area contributed by atoms with Crippen LogP contribution in [0.4, 0.5) is 0 Å². The van der Waals surface area contributed by atoms with E-state index in [-0.39, 0.29) is 0 Å². The molecule has 2 bridgehead atoms. The summed E-state index contributed by atoms with van der Waals surface area (Å²) >= 11 is 0. The third kappa shape index (κ3) is 0.903. The van der Waals surface area contributed by atoms with Gasteiger partial charge in [-0.3, -0.25) is 0 Å². The summed E-state index contributed by atoms with van der Waals surface area (Å²) in [5.41, 5.74) is 3.69. The molecule has 0 amide bonds. The molecule has 0 aromatic carbocycles. The van der Waals surface area contributed by atoms with Gasteiger partial charge >= 0.3 is 0 Å². The molecule has 64 valence electrons. The summed E-state index contributed by atoms with van der Waals surface area (Å²) in [5.74, 6) is 1.81. The number of fused-ring (bicyclic) bond motifs is 2. The fourth-order valence-corrected chi connectivity index (χ4v) is 3.15. The highest BCUT2D eigenvalue weighted by atomic mass is 14.4. The van der Waals surface area contributed by atoms with Crippen molar-refractivity contribution in [3.63, 3.8) is 0 Å². The van der Waals surface area contributed by atoms with Crippen LogP contribution in [0.3, 0.4) is 0 Å². The lowest BCUT2D eigenvalue weighted by Gasteiger charge is -2.11. The van der Waals surface area contributed by atoms with Crippen LogP contribution in [0.15, 0.2) is 23.3 Å². The fraction of sp³-hybridized carbons (Fsp3) is 0.667. The van der Waals surface area contributed by atoms with E-state index >= 15 is 0 Å². The van der Waals surface area contributed by atoms with Crippen LogP contribution in [-0.4, -0.2) is 0 Å². The number of rotatable bonds is 0. The Morgan fingerprint density at radius 1 is 1.08 bits per heavy atom. The van der Waals surface area contributed by atoms with Crippen LogP contribution < -0.4 is 0 Å². The number of hydrogen-bond acceptors (Lipinski definition) is 0. The molecule has 0 radical (unpaired) electrons. The second-order valence-electron chi connectivity index (χ2n) is 4.53. The second-order valence-corrected chi connectivity index (χ2v) is 4.53. The van der Waals surface area contributed by atoms with Gasteiger partial charge in [0.1, 0.15) is 0 Å². The topological polar surface area (TPSA) is 0 Å². The van der Waals surface area contributed by atoms with Gasteiger partial charge in [0.25, 0.3) is 0 Å². The molecule has 3 rings (SSSR count). The van der Waals surface area contributed by atoms with Crippen molar-refractivity contribution in [2.75, 3.05) is 0 Å². The van der Waals surface area contributed by atoms with Gasteiger partial charge in [-0.15, -0.1) is 0 Å². The highest BCUT2D eigenvalue weighted by Crippen LogP contribution is 2.46. The monoisotopic (exact) mass is 160 g/mol. The van der Waals surface area contributed by atoms with Gasteiger partial charge in [0.15, 0.2) is 0 Å². The first kappa shape index (κ1) is 6.94. The second kappa shape index (κ2) is 2.48. The van der Waals surface area contributed by atoms with Crippen LogP contribution in [0.2, 0.25) is 0 Å². The molecule has 0 heterocycles. The minimum Gasteiger partial charge on any atom is -0.0845 e. The maximum absolute atomic E-state index is 2.45. The molecule has 3 aliphatic rings. The highest BCUT2D eigenvalue weighted by molar-refractivity contribution is 5.32. The Hall–Kier alpha value is -0.520. The van der Waals surface area contributed by atoms with E-state index in [9.17, 15) is 0 Å². The van der Waals surface area contributed by atoms with Crippen molar-refractivity contribution in [3.8, 4) is 0 Å². The molecule has 12 heavy (non-hydrogen) atoms. The minimum absolute atomic E-state index is 0.878. The molecule has 0 aliphatic heterocycles. The van der Waals surface area contributed by atoms with Crippen molar-refractivity contribution in [1.82, 2.24) is 0 Å². The lowest BCUT2D eigenvalue weighted by Crippen LogP contribution is -1.95. The molecular formula is C12H16. The standard InChI is InChI=1S/C12H16/c1-2-4-10(3-1)12-8-9-5-6-11(12)7-9/h5-6,9,11H,1-4,7-8H2. The van der Waals surface area contributed by atoms with Crippen molar-refractivity contribution in [1.29, 1.82) is 0 Å². The quantitative estimate of drug-likeness (QED) is 0.476. The molecule has 2 fully saturated rings. The smallest absolute Gasteiger partial charge is 0.00146 e. The number of hydrogen-bond donors (Lipinski definition) is 0. The van der Waals surface area contributed by atoms with Crippen LogP contribution >= 0.6 is 0 Å². The Kier molecular flexibility index (Phi) is 1.44. The first-order valence-electron chi connectivity index (χ1n) is 5.32. The Balaban J connectivity index is 1.94. The van der Waals surface area contributed by atoms with Crippen LogP contribution in [0.1, 0.15) is 38.5 Å². The molecule has 2 atom stereocenters. The summed E-state index contributed by atoms with van der Waals surface area (Å²) in [6.45, 7) is 0. The maximum atomic E-state index is 2.45. The predicted octanol–water partition coefficient (Wildman–Crippen LogP) is 3.45. The van der Waals surface area contributed by atoms with Crippen LogP contribution in [0, 0.1) is 11.8 Å². The largest absolute Gasteiger partial charge is 0.0845 e. The minimum atomic E-state index is 0.878. The van der Waals surface area contributed by atoms with E-state index in [0.29, 0.717) is 0 Å². The molecule has 0 aromatic rings. The van der Waals surface area contributed by atoms with E-state index < -0.39 is 0 Å². The summed E-state index contributed by atoms with van der Waals surface area (Å²) in [7, 11) is 0. The van der Waals surface area contributed by atoms with Gasteiger partial charge in [-0.25, -0.2) is 0 Å². The van der Waals surface area contributed by atoms with E-state index in [1.165, 1.54) is 38.5 Å². The molecule has 2 saturated carbocycles. The first-order chi connectivity index (χ1) is 5.93. The Bertz CT molecular complexity index is 249. The van der Waals surface area contributed by atoms with Gasteiger partial charge in [-0.05, 0) is 50.4 Å². The summed E-state index contributed by atoms with van der Waals surface area (Å²) in [6.07, 6.45) is 13.5. The lowest BCUT2D eigenvalue weighted by atomic mass is 9.94. The molecule has 0 saturated heterocycles. The zero-order valence-corrected chi connectivity index (χ0v) is 7.55. The first-order valence-corrected chi connectivity index (χ1v) is 5.32. The van der Waals surface area contributed by atoms with Gasteiger partial charge in [0.2, 0.25) is 0 Å². The Morgan fingerprint density at radius 3 is 2.50 bits per heavy atom. The van der Waals surface area contributed by atoms with Gasteiger partial charge in [-0.1, -0.05) is 23.3 Å². The zero-order valence-electron chi connectivity index (χ0n) is 7.55. The third-order valence-corrected chi connectivity index (χ3v) is 3.76. The summed E-state index contributed by atoms with van der Waals surface area (Å²) in [5, 5.41) is 0. The van der Waals surface area contributed by atoms with Crippen LogP contribution in [0.5, 0.6) is 0 Å². The lowest BCUT2D eigenvalue weighted by molar-refractivity contribution is 0.693. The average molecular weight is 160 g/mol. The van der Waals surface area contributed by atoms with Crippen LogP contribution in [-0.2, 0) is 0 Å². The summed E-state index contributed by atoms with van der Waals surface area (Å²) in [6, 6.07) is 0. The summed E-state index contributed by atoms with van der Waals surface area (Å²) in [4.78, 5) is 0. The van der Waals surface area contributed by atoms with E-state index in [1.807, 2.05) is 11.1 Å².